The lowest BCUT2D eigenvalue weighted by atomic mass is 10.2. The Hall–Kier alpha value is -0.513. The van der Waals surface area contributed by atoms with Gasteiger partial charge in [0.25, 0.3) is 0 Å². The monoisotopic (exact) mass is 229 g/mol. The Morgan fingerprint density at radius 1 is 1.20 bits per heavy atom. The first-order valence-electron chi connectivity index (χ1n) is 5.68. The summed E-state index contributed by atoms with van der Waals surface area (Å²) in [6, 6.07) is 2.40. The molecule has 0 aliphatic carbocycles. The minimum atomic E-state index is -0.986. The molecule has 0 unspecified atom stereocenters. The molecule has 4 heteroatoms. The SMILES string of the molecule is CC(C)(C)OC(=O)N1CC[Si](C)(C)CC1. The Bertz CT molecular complexity index is 235. The molecule has 1 rings (SSSR count). The van der Waals surface area contributed by atoms with E-state index in [1.54, 1.807) is 0 Å². The molecular formula is C11H23NO2Si. The van der Waals surface area contributed by atoms with Gasteiger partial charge in [0.2, 0.25) is 0 Å². The summed E-state index contributed by atoms with van der Waals surface area (Å²) in [5.41, 5.74) is -0.374. The van der Waals surface area contributed by atoms with Gasteiger partial charge in [-0.25, -0.2) is 4.79 Å². The van der Waals surface area contributed by atoms with Gasteiger partial charge in [0.05, 0.1) is 8.07 Å². The summed E-state index contributed by atoms with van der Waals surface area (Å²) >= 11 is 0. The second-order valence-corrected chi connectivity index (χ2v) is 11.5. The molecule has 1 heterocycles. The molecule has 0 atom stereocenters. The van der Waals surface area contributed by atoms with Crippen molar-refractivity contribution in [3.63, 3.8) is 0 Å². The quantitative estimate of drug-likeness (QED) is 0.598. The molecule has 1 amide bonds. The van der Waals surface area contributed by atoms with Crippen LogP contribution in [-0.2, 0) is 4.74 Å². The van der Waals surface area contributed by atoms with Gasteiger partial charge >= 0.3 is 6.09 Å². The topological polar surface area (TPSA) is 29.5 Å². The zero-order valence-electron chi connectivity index (χ0n) is 10.6. The lowest BCUT2D eigenvalue weighted by molar-refractivity contribution is 0.0261. The molecule has 0 spiro atoms. The van der Waals surface area contributed by atoms with Crippen LogP contribution >= 0.6 is 0 Å². The first-order valence-corrected chi connectivity index (χ1v) is 9.09. The van der Waals surface area contributed by atoms with E-state index in [0.717, 1.165) is 13.1 Å². The second kappa shape index (κ2) is 4.16. The van der Waals surface area contributed by atoms with E-state index in [1.165, 1.54) is 12.1 Å². The third-order valence-electron chi connectivity index (χ3n) is 2.77. The van der Waals surface area contributed by atoms with Gasteiger partial charge in [-0.05, 0) is 32.9 Å². The Balaban J connectivity index is 2.44. The lowest BCUT2D eigenvalue weighted by Crippen LogP contribution is -2.46. The smallest absolute Gasteiger partial charge is 0.410 e. The van der Waals surface area contributed by atoms with Crippen LogP contribution in [0, 0.1) is 0 Å². The van der Waals surface area contributed by atoms with E-state index < -0.39 is 8.07 Å². The van der Waals surface area contributed by atoms with Gasteiger partial charge in [-0.1, -0.05) is 13.1 Å². The van der Waals surface area contributed by atoms with Crippen molar-refractivity contribution >= 4 is 14.2 Å². The lowest BCUT2D eigenvalue weighted by Gasteiger charge is -2.36. The van der Waals surface area contributed by atoms with Crippen molar-refractivity contribution in [3.8, 4) is 0 Å². The van der Waals surface area contributed by atoms with E-state index in [4.69, 9.17) is 4.74 Å². The number of rotatable bonds is 0. The number of carbonyl (C=O) groups is 1. The molecule has 0 aromatic rings. The normalized spacial score (nSPS) is 21.3. The summed E-state index contributed by atoms with van der Waals surface area (Å²) in [5.74, 6) is 0. The molecule has 0 bridgehead atoms. The maximum absolute atomic E-state index is 11.7. The van der Waals surface area contributed by atoms with Crippen molar-refractivity contribution in [2.75, 3.05) is 13.1 Å². The number of ether oxygens (including phenoxy) is 1. The van der Waals surface area contributed by atoms with Gasteiger partial charge in [0.1, 0.15) is 5.60 Å². The Morgan fingerprint density at radius 2 is 1.67 bits per heavy atom. The highest BCUT2D eigenvalue weighted by Crippen LogP contribution is 2.23. The zero-order chi connectivity index (χ0) is 11.7. The molecule has 3 nitrogen and oxygen atoms in total. The standard InChI is InChI=1S/C11H23NO2Si/c1-11(2,3)14-10(13)12-6-8-15(4,5)9-7-12/h6-9H2,1-5H3. The maximum Gasteiger partial charge on any atom is 0.410 e. The third kappa shape index (κ3) is 4.24. The number of amides is 1. The molecule has 0 saturated carbocycles. The van der Waals surface area contributed by atoms with E-state index in [1.807, 2.05) is 25.7 Å². The highest BCUT2D eigenvalue weighted by atomic mass is 28.3. The van der Waals surface area contributed by atoms with E-state index in [0.29, 0.717) is 0 Å². The summed E-state index contributed by atoms with van der Waals surface area (Å²) in [6.07, 6.45) is -0.146. The molecular weight excluding hydrogens is 206 g/mol. The van der Waals surface area contributed by atoms with Crippen LogP contribution in [-0.4, -0.2) is 37.8 Å². The highest BCUT2D eigenvalue weighted by molar-refractivity contribution is 6.77. The molecule has 1 aliphatic heterocycles. The van der Waals surface area contributed by atoms with E-state index in [2.05, 4.69) is 13.1 Å². The molecule has 1 saturated heterocycles. The van der Waals surface area contributed by atoms with Crippen LogP contribution in [0.2, 0.25) is 25.2 Å². The second-order valence-electron chi connectivity index (χ2n) is 6.13. The fourth-order valence-electron chi connectivity index (χ4n) is 1.62. The van der Waals surface area contributed by atoms with Gasteiger partial charge in [-0.3, -0.25) is 0 Å². The van der Waals surface area contributed by atoms with E-state index >= 15 is 0 Å². The van der Waals surface area contributed by atoms with E-state index in [-0.39, 0.29) is 11.7 Å². The first-order chi connectivity index (χ1) is 6.70. The predicted molar refractivity (Wildman–Crippen MR) is 64.9 cm³/mol. The molecule has 0 N–H and O–H groups in total. The van der Waals surface area contributed by atoms with Crippen molar-refractivity contribution in [1.82, 2.24) is 4.90 Å². The molecule has 1 aliphatic rings. The van der Waals surface area contributed by atoms with Crippen molar-refractivity contribution in [3.05, 3.63) is 0 Å². The van der Waals surface area contributed by atoms with Crippen LogP contribution < -0.4 is 0 Å². The van der Waals surface area contributed by atoms with Crippen LogP contribution in [0.1, 0.15) is 20.8 Å². The fraction of sp³-hybridized carbons (Fsp3) is 0.909. The van der Waals surface area contributed by atoms with Gasteiger partial charge < -0.3 is 9.64 Å². The molecule has 1 fully saturated rings. The highest BCUT2D eigenvalue weighted by Gasteiger charge is 2.31. The molecule has 88 valence electrons. The Labute approximate surface area is 93.8 Å². The minimum Gasteiger partial charge on any atom is -0.444 e. The van der Waals surface area contributed by atoms with E-state index in [9.17, 15) is 4.79 Å². The number of carbonyl (C=O) groups excluding carboxylic acids is 1. The van der Waals surface area contributed by atoms with Crippen molar-refractivity contribution in [1.29, 1.82) is 0 Å². The average Bonchev–Trinajstić information content (AvgIpc) is 2.00. The van der Waals surface area contributed by atoms with Crippen LogP contribution in [0.25, 0.3) is 0 Å². The summed E-state index contributed by atoms with van der Waals surface area (Å²) < 4.78 is 5.35. The Morgan fingerprint density at radius 3 is 2.07 bits per heavy atom. The van der Waals surface area contributed by atoms with Gasteiger partial charge in [0.15, 0.2) is 0 Å². The van der Waals surface area contributed by atoms with Crippen molar-refractivity contribution in [2.24, 2.45) is 0 Å². The molecule has 0 radical (unpaired) electrons. The fourth-order valence-corrected chi connectivity index (χ4v) is 3.62. The summed E-state index contributed by atoms with van der Waals surface area (Å²) in [5, 5.41) is 0. The number of hydrogen-bond acceptors (Lipinski definition) is 2. The maximum atomic E-state index is 11.7. The van der Waals surface area contributed by atoms with Gasteiger partial charge in [-0.15, -0.1) is 0 Å². The Kier molecular flexibility index (Phi) is 3.48. The van der Waals surface area contributed by atoms with Gasteiger partial charge in [0, 0.05) is 13.1 Å². The molecule has 0 aromatic carbocycles. The summed E-state index contributed by atoms with van der Waals surface area (Å²) in [7, 11) is -0.986. The average molecular weight is 229 g/mol. The first kappa shape index (κ1) is 12.6. The number of nitrogens with zero attached hydrogens (tertiary/aromatic N) is 1. The van der Waals surface area contributed by atoms with Crippen molar-refractivity contribution in [2.45, 2.75) is 51.6 Å². The summed E-state index contributed by atoms with van der Waals surface area (Å²) in [4.78, 5) is 13.6. The molecule has 0 aromatic heterocycles. The zero-order valence-corrected chi connectivity index (χ0v) is 11.6. The summed E-state index contributed by atoms with van der Waals surface area (Å²) in [6.45, 7) is 12.3. The van der Waals surface area contributed by atoms with Gasteiger partial charge in [-0.2, -0.15) is 0 Å². The largest absolute Gasteiger partial charge is 0.444 e. The van der Waals surface area contributed by atoms with Crippen LogP contribution in [0.5, 0.6) is 0 Å². The third-order valence-corrected chi connectivity index (χ3v) is 5.92. The minimum absolute atomic E-state index is 0.146. The van der Waals surface area contributed by atoms with Crippen LogP contribution in [0.3, 0.4) is 0 Å². The predicted octanol–water partition coefficient (Wildman–Crippen LogP) is 2.95. The van der Waals surface area contributed by atoms with Crippen LogP contribution in [0.15, 0.2) is 0 Å². The molecule has 15 heavy (non-hydrogen) atoms. The van der Waals surface area contributed by atoms with Crippen molar-refractivity contribution < 1.29 is 9.53 Å². The number of hydrogen-bond donors (Lipinski definition) is 0. The van der Waals surface area contributed by atoms with Crippen LogP contribution in [0.4, 0.5) is 4.79 Å².